The Balaban J connectivity index is 1.29. The van der Waals surface area contributed by atoms with Crippen LogP contribution in [0.15, 0.2) is 0 Å². The summed E-state index contributed by atoms with van der Waals surface area (Å²) in [6.45, 7) is 8.19. The van der Waals surface area contributed by atoms with Gasteiger partial charge in [-0.1, -0.05) is 33.6 Å². The van der Waals surface area contributed by atoms with Crippen LogP contribution in [0.2, 0.25) is 0 Å². The second kappa shape index (κ2) is 6.80. The fourth-order valence-electron chi connectivity index (χ4n) is 10.1. The molecule has 4 saturated carbocycles. The summed E-state index contributed by atoms with van der Waals surface area (Å²) in [5.74, 6) is 3.75. The van der Waals surface area contributed by atoms with Gasteiger partial charge in [-0.25, -0.2) is 0 Å². The van der Waals surface area contributed by atoms with Crippen LogP contribution in [-0.4, -0.2) is 24.8 Å². The van der Waals surface area contributed by atoms with E-state index in [0.717, 1.165) is 43.1 Å². The van der Waals surface area contributed by atoms with Gasteiger partial charge in [0.05, 0.1) is 18.6 Å². The second-order valence-corrected chi connectivity index (χ2v) is 12.8. The third kappa shape index (κ3) is 2.54. The number of rotatable bonds is 1. The third-order valence-electron chi connectivity index (χ3n) is 11.7. The van der Waals surface area contributed by atoms with Gasteiger partial charge in [0.1, 0.15) is 6.29 Å². The monoisotopic (exact) mass is 414 g/mol. The molecule has 30 heavy (non-hydrogen) atoms. The molecule has 3 heteroatoms. The van der Waals surface area contributed by atoms with E-state index in [9.17, 15) is 4.79 Å². The molecule has 6 fully saturated rings. The Hall–Kier alpha value is -0.410. The van der Waals surface area contributed by atoms with E-state index >= 15 is 0 Å². The first-order chi connectivity index (χ1) is 14.4. The molecule has 2 unspecified atom stereocenters. The van der Waals surface area contributed by atoms with Gasteiger partial charge >= 0.3 is 0 Å². The van der Waals surface area contributed by atoms with E-state index in [1.807, 2.05) is 0 Å². The first-order valence-corrected chi connectivity index (χ1v) is 13.2. The Bertz CT molecular complexity index is 696. The van der Waals surface area contributed by atoms with E-state index in [4.69, 9.17) is 9.47 Å². The van der Waals surface area contributed by atoms with Crippen molar-refractivity contribution in [3.63, 3.8) is 0 Å². The Morgan fingerprint density at radius 1 is 0.900 bits per heavy atom. The van der Waals surface area contributed by atoms with E-state index in [2.05, 4.69) is 20.8 Å². The Labute approximate surface area is 183 Å². The SMILES string of the molecule is CC1CC[C@@]2(OC1)O[C@H]1C[C@H]3[C@@H]4CCC5CCCC[C@]5(C)[C@H]4CC[C@]3(C)[C@H]1[C@@H]2C=O. The van der Waals surface area contributed by atoms with E-state index in [1.165, 1.54) is 64.1 Å². The standard InChI is InChI=1S/C27H42O3/c1-17-9-13-27(29-16-17)22(15-28)24-23(30-27)14-21-19-8-7-18-6-4-5-11-25(18,2)20(19)10-12-26(21,24)3/h15,17-24H,4-14,16H2,1-3H3/t17?,18?,19-,20+,21+,22+,23+,24+,25+,26+,27-/m1/s1. The van der Waals surface area contributed by atoms with Gasteiger partial charge < -0.3 is 14.3 Å². The van der Waals surface area contributed by atoms with Crippen molar-refractivity contribution in [3.05, 3.63) is 0 Å². The largest absolute Gasteiger partial charge is 0.349 e. The summed E-state index contributed by atoms with van der Waals surface area (Å²) in [4.78, 5) is 12.5. The van der Waals surface area contributed by atoms with Crippen molar-refractivity contribution >= 4 is 6.29 Å². The summed E-state index contributed by atoms with van der Waals surface area (Å²) < 4.78 is 13.1. The van der Waals surface area contributed by atoms with Crippen LogP contribution in [0.4, 0.5) is 0 Å². The van der Waals surface area contributed by atoms with E-state index in [1.54, 1.807) is 0 Å². The zero-order valence-electron chi connectivity index (χ0n) is 19.4. The molecule has 0 N–H and O–H groups in total. The zero-order valence-corrected chi connectivity index (χ0v) is 19.4. The Kier molecular flexibility index (Phi) is 4.58. The van der Waals surface area contributed by atoms with Crippen molar-refractivity contribution in [2.75, 3.05) is 6.61 Å². The lowest BCUT2D eigenvalue weighted by atomic mass is 9.44. The van der Waals surface area contributed by atoms with Crippen molar-refractivity contribution < 1.29 is 14.3 Å². The summed E-state index contributed by atoms with van der Waals surface area (Å²) in [5, 5.41) is 0. The molecule has 4 aliphatic carbocycles. The number of ether oxygens (including phenoxy) is 2. The molecular weight excluding hydrogens is 372 g/mol. The molecule has 0 aromatic heterocycles. The van der Waals surface area contributed by atoms with Gasteiger partial charge in [0.25, 0.3) is 0 Å². The number of aldehydes is 1. The summed E-state index contributed by atoms with van der Waals surface area (Å²) in [6, 6.07) is 0. The van der Waals surface area contributed by atoms with E-state index in [0.29, 0.717) is 17.3 Å². The maximum Gasteiger partial charge on any atom is 0.178 e. The number of carbonyl (C=O) groups is 1. The highest BCUT2D eigenvalue weighted by molar-refractivity contribution is 5.58. The molecule has 0 aromatic carbocycles. The molecule has 0 amide bonds. The van der Waals surface area contributed by atoms with Gasteiger partial charge in [0, 0.05) is 12.3 Å². The minimum absolute atomic E-state index is 0.0665. The summed E-state index contributed by atoms with van der Waals surface area (Å²) in [6.07, 6.45) is 16.0. The minimum atomic E-state index is -0.610. The van der Waals surface area contributed by atoms with Crippen molar-refractivity contribution in [2.24, 2.45) is 52.3 Å². The first-order valence-electron chi connectivity index (χ1n) is 13.2. The average molecular weight is 415 g/mol. The summed E-state index contributed by atoms with van der Waals surface area (Å²) in [7, 11) is 0. The molecule has 2 saturated heterocycles. The Morgan fingerprint density at radius 3 is 2.53 bits per heavy atom. The molecule has 6 aliphatic rings. The normalized spacial score (nSPS) is 59.8. The fraction of sp³-hybridized carbons (Fsp3) is 0.963. The highest BCUT2D eigenvalue weighted by Gasteiger charge is 2.70. The molecule has 11 atom stereocenters. The topological polar surface area (TPSA) is 35.5 Å². The van der Waals surface area contributed by atoms with Crippen LogP contribution in [0, 0.1) is 52.3 Å². The van der Waals surface area contributed by atoms with E-state index < -0.39 is 5.79 Å². The van der Waals surface area contributed by atoms with Crippen LogP contribution in [0.3, 0.4) is 0 Å². The van der Waals surface area contributed by atoms with Gasteiger partial charge in [-0.15, -0.1) is 0 Å². The maximum atomic E-state index is 12.5. The third-order valence-corrected chi connectivity index (χ3v) is 11.7. The van der Waals surface area contributed by atoms with Crippen LogP contribution < -0.4 is 0 Å². The van der Waals surface area contributed by atoms with Crippen molar-refractivity contribution in [1.29, 1.82) is 0 Å². The predicted octanol–water partition coefficient (Wildman–Crippen LogP) is 6.00. The number of carbonyl (C=O) groups excluding carboxylic acids is 1. The van der Waals surface area contributed by atoms with Gasteiger partial charge in [-0.2, -0.15) is 0 Å². The smallest absolute Gasteiger partial charge is 0.178 e. The lowest BCUT2D eigenvalue weighted by Crippen LogP contribution is -2.54. The zero-order chi connectivity index (χ0) is 20.7. The number of fused-ring (bicyclic) bond motifs is 7. The van der Waals surface area contributed by atoms with Gasteiger partial charge in [-0.05, 0) is 91.8 Å². The molecule has 3 nitrogen and oxygen atoms in total. The van der Waals surface area contributed by atoms with Gasteiger partial charge in [-0.3, -0.25) is 0 Å². The minimum Gasteiger partial charge on any atom is -0.349 e. The molecule has 1 spiro atoms. The molecule has 0 bridgehead atoms. The van der Waals surface area contributed by atoms with Gasteiger partial charge in [0.2, 0.25) is 0 Å². The number of hydrogen-bond acceptors (Lipinski definition) is 3. The van der Waals surface area contributed by atoms with Crippen molar-refractivity contribution in [3.8, 4) is 0 Å². The fourth-order valence-corrected chi connectivity index (χ4v) is 10.1. The highest BCUT2D eigenvalue weighted by Crippen LogP contribution is 2.71. The molecule has 168 valence electrons. The molecule has 2 aliphatic heterocycles. The Morgan fingerprint density at radius 2 is 1.77 bits per heavy atom. The van der Waals surface area contributed by atoms with Crippen LogP contribution in [-0.2, 0) is 14.3 Å². The van der Waals surface area contributed by atoms with Crippen LogP contribution in [0.5, 0.6) is 0 Å². The summed E-state index contributed by atoms with van der Waals surface area (Å²) >= 11 is 0. The quantitative estimate of drug-likeness (QED) is 0.494. The lowest BCUT2D eigenvalue weighted by molar-refractivity contribution is -0.269. The lowest BCUT2D eigenvalue weighted by Gasteiger charge is -2.60. The molecule has 0 aromatic rings. The molecule has 0 radical (unpaired) electrons. The molecule has 2 heterocycles. The van der Waals surface area contributed by atoms with Gasteiger partial charge in [0.15, 0.2) is 5.79 Å². The van der Waals surface area contributed by atoms with E-state index in [-0.39, 0.29) is 17.4 Å². The average Bonchev–Trinajstić information content (AvgIpc) is 3.20. The number of hydrogen-bond donors (Lipinski definition) is 0. The van der Waals surface area contributed by atoms with Crippen LogP contribution in [0.1, 0.15) is 91.4 Å². The maximum absolute atomic E-state index is 12.5. The molecular formula is C27H42O3. The van der Waals surface area contributed by atoms with Crippen LogP contribution >= 0.6 is 0 Å². The predicted molar refractivity (Wildman–Crippen MR) is 117 cm³/mol. The summed E-state index contributed by atoms with van der Waals surface area (Å²) in [5.41, 5.74) is 0.833. The first kappa shape index (κ1) is 20.2. The molecule has 6 rings (SSSR count). The second-order valence-electron chi connectivity index (χ2n) is 12.8. The van der Waals surface area contributed by atoms with Crippen molar-refractivity contribution in [1.82, 2.24) is 0 Å². The van der Waals surface area contributed by atoms with Crippen molar-refractivity contribution in [2.45, 2.75) is 103 Å². The highest BCUT2D eigenvalue weighted by atomic mass is 16.7. The van der Waals surface area contributed by atoms with Crippen LogP contribution in [0.25, 0.3) is 0 Å².